The summed E-state index contributed by atoms with van der Waals surface area (Å²) in [4.78, 5) is 63.4. The van der Waals surface area contributed by atoms with Gasteiger partial charge in [0.2, 0.25) is 17.7 Å². The molecule has 0 saturated carbocycles. The fourth-order valence-corrected chi connectivity index (χ4v) is 2.90. The minimum atomic E-state index is -1.53. The number of aliphatic hydroxyl groups excluding tert-OH is 1. The number of hydrogen-bond donors (Lipinski definition) is 9. The lowest BCUT2D eigenvalue weighted by molar-refractivity contribution is -0.143. The molecule has 0 spiro atoms. The van der Waals surface area contributed by atoms with Crippen LogP contribution in [0, 0.1) is 5.92 Å². The molecule has 15 heteroatoms. The first-order chi connectivity index (χ1) is 16.3. The number of rotatable bonds is 17. The van der Waals surface area contributed by atoms with Crippen LogP contribution in [0.5, 0.6) is 0 Å². The van der Waals surface area contributed by atoms with Gasteiger partial charge in [0.1, 0.15) is 18.1 Å². The summed E-state index contributed by atoms with van der Waals surface area (Å²) in [7, 11) is 0. The van der Waals surface area contributed by atoms with Crippen LogP contribution < -0.4 is 33.2 Å². The van der Waals surface area contributed by atoms with Crippen LogP contribution in [0.4, 0.5) is 0 Å². The molecule has 0 aromatic rings. The van der Waals surface area contributed by atoms with Gasteiger partial charge in [-0.15, -0.1) is 0 Å². The third kappa shape index (κ3) is 13.7. The van der Waals surface area contributed by atoms with E-state index >= 15 is 0 Å². The van der Waals surface area contributed by atoms with Crippen molar-refractivity contribution in [3.8, 4) is 0 Å². The van der Waals surface area contributed by atoms with Crippen molar-refractivity contribution in [1.82, 2.24) is 16.0 Å². The molecule has 0 aliphatic heterocycles. The van der Waals surface area contributed by atoms with Gasteiger partial charge in [0.25, 0.3) is 0 Å². The summed E-state index contributed by atoms with van der Waals surface area (Å²) in [5.74, 6) is -5.27. The SMILES string of the molecule is CC(C)CC(NC(=O)C(N)CCCN=C(N)N)C(=O)NC(CO)C(=O)NC(CCC(=O)O)C(=O)O. The van der Waals surface area contributed by atoms with Crippen LogP contribution in [-0.2, 0) is 24.0 Å². The van der Waals surface area contributed by atoms with Crippen molar-refractivity contribution in [2.24, 2.45) is 28.1 Å². The first-order valence-corrected chi connectivity index (χ1v) is 11.1. The van der Waals surface area contributed by atoms with Crippen LogP contribution in [-0.4, -0.2) is 88.3 Å². The lowest BCUT2D eigenvalue weighted by Gasteiger charge is -2.25. The molecule has 200 valence electrons. The van der Waals surface area contributed by atoms with Gasteiger partial charge in [-0.3, -0.25) is 24.2 Å². The molecule has 0 aliphatic rings. The van der Waals surface area contributed by atoms with Crippen molar-refractivity contribution < 1.29 is 39.3 Å². The highest BCUT2D eigenvalue weighted by atomic mass is 16.4. The number of nitrogens with two attached hydrogens (primary N) is 3. The highest BCUT2D eigenvalue weighted by Crippen LogP contribution is 2.07. The largest absolute Gasteiger partial charge is 0.481 e. The van der Waals surface area contributed by atoms with Crippen molar-refractivity contribution >= 4 is 35.6 Å². The number of carboxylic acids is 2. The molecule has 3 amide bonds. The second kappa shape index (κ2) is 16.2. The summed E-state index contributed by atoms with van der Waals surface area (Å²) in [6, 6.07) is -5.11. The molecule has 0 fully saturated rings. The lowest BCUT2D eigenvalue weighted by atomic mass is 10.0. The van der Waals surface area contributed by atoms with E-state index < -0.39 is 73.3 Å². The maximum absolute atomic E-state index is 12.8. The quantitative estimate of drug-likeness (QED) is 0.0541. The monoisotopic (exact) mass is 503 g/mol. The number of hydrogen-bond acceptors (Lipinski definition) is 8. The van der Waals surface area contributed by atoms with Crippen LogP contribution in [0.15, 0.2) is 4.99 Å². The van der Waals surface area contributed by atoms with Crippen LogP contribution in [0.1, 0.15) is 46.0 Å². The Hall–Kier alpha value is -3.46. The Kier molecular flexibility index (Phi) is 14.6. The molecule has 4 atom stereocenters. The molecule has 0 aromatic carbocycles. The number of amides is 3. The third-order valence-corrected chi connectivity index (χ3v) is 4.72. The number of aliphatic hydroxyl groups is 1. The molecule has 0 bridgehead atoms. The van der Waals surface area contributed by atoms with Gasteiger partial charge in [-0.25, -0.2) is 4.79 Å². The normalized spacial score (nSPS) is 14.2. The lowest BCUT2D eigenvalue weighted by Crippen LogP contribution is -2.58. The van der Waals surface area contributed by atoms with Gasteiger partial charge in [0.15, 0.2) is 5.96 Å². The van der Waals surface area contributed by atoms with Gasteiger partial charge in [-0.05, 0) is 31.6 Å². The maximum atomic E-state index is 12.8. The highest BCUT2D eigenvalue weighted by molar-refractivity contribution is 5.94. The van der Waals surface area contributed by atoms with E-state index in [9.17, 15) is 34.2 Å². The van der Waals surface area contributed by atoms with E-state index in [1.54, 1.807) is 13.8 Å². The van der Waals surface area contributed by atoms with E-state index in [0.29, 0.717) is 6.42 Å². The topological polar surface area (TPSA) is 273 Å². The zero-order chi connectivity index (χ0) is 27.1. The van der Waals surface area contributed by atoms with Crippen molar-refractivity contribution in [1.29, 1.82) is 0 Å². The van der Waals surface area contributed by atoms with Crippen LogP contribution in [0.2, 0.25) is 0 Å². The minimum Gasteiger partial charge on any atom is -0.481 e. The summed E-state index contributed by atoms with van der Waals surface area (Å²) >= 11 is 0. The van der Waals surface area contributed by atoms with E-state index in [2.05, 4.69) is 20.9 Å². The van der Waals surface area contributed by atoms with Crippen molar-refractivity contribution in [2.45, 2.75) is 70.1 Å². The molecule has 0 saturated heterocycles. The molecule has 35 heavy (non-hydrogen) atoms. The Bertz CT molecular complexity index is 771. The van der Waals surface area contributed by atoms with E-state index in [1.165, 1.54) is 0 Å². The second-order valence-corrected chi connectivity index (χ2v) is 8.32. The first-order valence-electron chi connectivity index (χ1n) is 11.1. The summed E-state index contributed by atoms with van der Waals surface area (Å²) in [6.07, 6.45) is -0.0493. The molecule has 0 rings (SSSR count). The number of carboxylic acid groups (broad SMARTS) is 2. The molecule has 0 heterocycles. The Labute approximate surface area is 202 Å². The van der Waals surface area contributed by atoms with Gasteiger partial charge in [-0.1, -0.05) is 13.8 Å². The molecular formula is C20H37N7O8. The molecule has 15 nitrogen and oxygen atoms in total. The summed E-state index contributed by atoms with van der Waals surface area (Å²) in [6.45, 7) is 3.02. The molecule has 0 aromatic heterocycles. The zero-order valence-electron chi connectivity index (χ0n) is 19.9. The minimum absolute atomic E-state index is 0.0436. The van der Waals surface area contributed by atoms with E-state index in [1.807, 2.05) is 0 Å². The number of nitrogens with one attached hydrogen (secondary N) is 3. The van der Waals surface area contributed by atoms with Gasteiger partial charge >= 0.3 is 11.9 Å². The van der Waals surface area contributed by atoms with Crippen molar-refractivity contribution in [3.63, 3.8) is 0 Å². The Morgan fingerprint density at radius 1 is 0.857 bits per heavy atom. The van der Waals surface area contributed by atoms with E-state index in [-0.39, 0.29) is 31.3 Å². The fraction of sp³-hybridized carbons (Fsp3) is 0.700. The summed E-state index contributed by atoms with van der Waals surface area (Å²) in [5.41, 5.74) is 16.3. The molecular weight excluding hydrogens is 466 g/mol. The zero-order valence-corrected chi connectivity index (χ0v) is 19.9. The number of nitrogens with zero attached hydrogens (tertiary/aromatic N) is 1. The van der Waals surface area contributed by atoms with Crippen molar-refractivity contribution in [2.75, 3.05) is 13.2 Å². The number of carbonyl (C=O) groups excluding carboxylic acids is 3. The van der Waals surface area contributed by atoms with Crippen LogP contribution >= 0.6 is 0 Å². The summed E-state index contributed by atoms with van der Waals surface area (Å²) in [5, 5.41) is 34.3. The van der Waals surface area contributed by atoms with E-state index in [4.69, 9.17) is 22.3 Å². The average molecular weight is 504 g/mol. The van der Waals surface area contributed by atoms with Gasteiger partial charge in [0, 0.05) is 13.0 Å². The third-order valence-electron chi connectivity index (χ3n) is 4.72. The Balaban J connectivity index is 5.17. The van der Waals surface area contributed by atoms with Gasteiger partial charge < -0.3 is 48.5 Å². The average Bonchev–Trinajstić information content (AvgIpc) is 2.75. The molecule has 12 N–H and O–H groups in total. The number of aliphatic carboxylic acids is 2. The van der Waals surface area contributed by atoms with Crippen LogP contribution in [0.3, 0.4) is 0 Å². The standard InChI is InChI=1S/C20H37N7O8/c1-10(2)8-13(26-16(31)11(21)4-3-7-24-20(22)23)17(32)27-14(9-28)18(33)25-12(19(34)35)5-6-15(29)30/h10-14,28H,3-9,21H2,1-2H3,(H,25,33)(H,26,31)(H,27,32)(H,29,30)(H,34,35)(H4,22,23,24). The predicted molar refractivity (Wildman–Crippen MR) is 125 cm³/mol. The number of guanidine groups is 1. The summed E-state index contributed by atoms with van der Waals surface area (Å²) < 4.78 is 0. The smallest absolute Gasteiger partial charge is 0.326 e. The molecule has 0 aliphatic carbocycles. The predicted octanol–water partition coefficient (Wildman–Crippen LogP) is -3.19. The number of aliphatic imine (C=N–C) groups is 1. The van der Waals surface area contributed by atoms with Gasteiger partial charge in [0.05, 0.1) is 12.6 Å². The maximum Gasteiger partial charge on any atom is 0.326 e. The number of carbonyl (C=O) groups is 5. The van der Waals surface area contributed by atoms with Gasteiger partial charge in [-0.2, -0.15) is 0 Å². The molecule has 4 unspecified atom stereocenters. The first kappa shape index (κ1) is 31.5. The van der Waals surface area contributed by atoms with E-state index in [0.717, 1.165) is 0 Å². The van der Waals surface area contributed by atoms with Crippen LogP contribution in [0.25, 0.3) is 0 Å². The Morgan fingerprint density at radius 2 is 1.40 bits per heavy atom. The molecule has 0 radical (unpaired) electrons. The highest BCUT2D eigenvalue weighted by Gasteiger charge is 2.30. The Morgan fingerprint density at radius 3 is 1.89 bits per heavy atom. The second-order valence-electron chi connectivity index (χ2n) is 8.32. The van der Waals surface area contributed by atoms with Crippen molar-refractivity contribution in [3.05, 3.63) is 0 Å². The fourth-order valence-electron chi connectivity index (χ4n) is 2.90.